The summed E-state index contributed by atoms with van der Waals surface area (Å²) < 4.78 is 6.75. The number of hydrogen-bond donors (Lipinski definition) is 2. The first-order chi connectivity index (χ1) is 8.60. The SMILES string of the molecule is COc1cc(Nc2cc(C(N)=S)ccn2)nn1C. The van der Waals surface area contributed by atoms with Gasteiger partial charge in [0.25, 0.3) is 0 Å². The fourth-order valence-electron chi connectivity index (χ4n) is 1.49. The van der Waals surface area contributed by atoms with Crippen molar-refractivity contribution < 1.29 is 4.74 Å². The van der Waals surface area contributed by atoms with E-state index in [0.29, 0.717) is 22.5 Å². The highest BCUT2D eigenvalue weighted by atomic mass is 32.1. The van der Waals surface area contributed by atoms with Gasteiger partial charge in [0.1, 0.15) is 10.8 Å². The van der Waals surface area contributed by atoms with Gasteiger partial charge < -0.3 is 15.8 Å². The molecule has 0 atom stereocenters. The summed E-state index contributed by atoms with van der Waals surface area (Å²) in [5, 5.41) is 7.28. The Labute approximate surface area is 110 Å². The molecule has 0 fully saturated rings. The van der Waals surface area contributed by atoms with Crippen LogP contribution in [-0.2, 0) is 7.05 Å². The second-order valence-electron chi connectivity index (χ2n) is 3.61. The lowest BCUT2D eigenvalue weighted by Gasteiger charge is -2.03. The highest BCUT2D eigenvalue weighted by Crippen LogP contribution is 2.19. The molecular weight excluding hydrogens is 250 g/mol. The zero-order valence-electron chi connectivity index (χ0n) is 10.0. The van der Waals surface area contributed by atoms with Crippen molar-refractivity contribution in [2.24, 2.45) is 12.8 Å². The van der Waals surface area contributed by atoms with Gasteiger partial charge in [0.15, 0.2) is 5.82 Å². The van der Waals surface area contributed by atoms with Gasteiger partial charge in [-0.15, -0.1) is 0 Å². The molecule has 2 heterocycles. The average Bonchev–Trinajstić information content (AvgIpc) is 2.69. The molecule has 2 aromatic heterocycles. The molecule has 0 saturated carbocycles. The van der Waals surface area contributed by atoms with E-state index < -0.39 is 0 Å². The smallest absolute Gasteiger partial charge is 0.213 e. The number of ether oxygens (including phenoxy) is 1. The molecule has 18 heavy (non-hydrogen) atoms. The van der Waals surface area contributed by atoms with Gasteiger partial charge in [-0.1, -0.05) is 12.2 Å². The van der Waals surface area contributed by atoms with Crippen molar-refractivity contribution in [3.8, 4) is 5.88 Å². The summed E-state index contributed by atoms with van der Waals surface area (Å²) in [6, 6.07) is 5.30. The van der Waals surface area contributed by atoms with Crippen LogP contribution in [0.5, 0.6) is 5.88 Å². The minimum atomic E-state index is 0.332. The molecule has 0 aromatic carbocycles. The lowest BCUT2D eigenvalue weighted by atomic mass is 10.2. The fraction of sp³-hybridized carbons (Fsp3) is 0.182. The molecule has 0 spiro atoms. The van der Waals surface area contributed by atoms with Crippen LogP contribution in [0.15, 0.2) is 24.4 Å². The number of thiocarbonyl (C=S) groups is 1. The second-order valence-corrected chi connectivity index (χ2v) is 4.05. The predicted molar refractivity (Wildman–Crippen MR) is 73.2 cm³/mol. The van der Waals surface area contributed by atoms with Crippen molar-refractivity contribution in [1.29, 1.82) is 0 Å². The number of methoxy groups -OCH3 is 1. The molecule has 2 aromatic rings. The van der Waals surface area contributed by atoms with E-state index in [1.807, 2.05) is 0 Å². The quantitative estimate of drug-likeness (QED) is 0.807. The number of rotatable bonds is 4. The third-order valence-corrected chi connectivity index (χ3v) is 2.58. The molecule has 0 aliphatic carbocycles. The largest absolute Gasteiger partial charge is 0.481 e. The Kier molecular flexibility index (Phi) is 3.42. The topological polar surface area (TPSA) is 78.0 Å². The van der Waals surface area contributed by atoms with Crippen LogP contribution in [0.4, 0.5) is 11.6 Å². The number of hydrogen-bond acceptors (Lipinski definition) is 5. The maximum Gasteiger partial charge on any atom is 0.213 e. The summed E-state index contributed by atoms with van der Waals surface area (Å²) in [6.45, 7) is 0. The first-order valence-corrected chi connectivity index (χ1v) is 5.62. The van der Waals surface area contributed by atoms with E-state index in [9.17, 15) is 0 Å². The van der Waals surface area contributed by atoms with Crippen LogP contribution >= 0.6 is 12.2 Å². The molecule has 7 heteroatoms. The van der Waals surface area contributed by atoms with E-state index in [1.165, 1.54) is 0 Å². The Morgan fingerprint density at radius 1 is 1.44 bits per heavy atom. The number of nitrogens with two attached hydrogens (primary N) is 1. The fourth-order valence-corrected chi connectivity index (χ4v) is 1.61. The number of pyridine rings is 1. The van der Waals surface area contributed by atoms with E-state index in [2.05, 4.69) is 15.4 Å². The minimum Gasteiger partial charge on any atom is -0.481 e. The number of aryl methyl sites for hydroxylation is 1. The Morgan fingerprint density at radius 3 is 2.83 bits per heavy atom. The number of nitrogens with one attached hydrogen (secondary N) is 1. The average molecular weight is 263 g/mol. The van der Waals surface area contributed by atoms with Crippen molar-refractivity contribution in [2.45, 2.75) is 0 Å². The van der Waals surface area contributed by atoms with E-state index in [1.54, 1.807) is 43.2 Å². The molecule has 0 amide bonds. The zero-order chi connectivity index (χ0) is 13.1. The molecule has 6 nitrogen and oxygen atoms in total. The molecule has 0 unspecified atom stereocenters. The Balaban J connectivity index is 2.22. The van der Waals surface area contributed by atoms with Crippen molar-refractivity contribution in [3.05, 3.63) is 30.0 Å². The lowest BCUT2D eigenvalue weighted by molar-refractivity contribution is 0.373. The van der Waals surface area contributed by atoms with Crippen LogP contribution in [0.2, 0.25) is 0 Å². The van der Waals surface area contributed by atoms with Crippen LogP contribution in [0, 0.1) is 0 Å². The predicted octanol–water partition coefficient (Wildman–Crippen LogP) is 1.20. The molecule has 0 aliphatic rings. The highest BCUT2D eigenvalue weighted by Gasteiger charge is 2.06. The molecule has 0 saturated heterocycles. The second kappa shape index (κ2) is 5.01. The van der Waals surface area contributed by atoms with Gasteiger partial charge in [0, 0.05) is 24.9 Å². The van der Waals surface area contributed by atoms with Crippen molar-refractivity contribution in [1.82, 2.24) is 14.8 Å². The van der Waals surface area contributed by atoms with Crippen molar-refractivity contribution in [3.63, 3.8) is 0 Å². The van der Waals surface area contributed by atoms with E-state index in [4.69, 9.17) is 22.7 Å². The van der Waals surface area contributed by atoms with Gasteiger partial charge in [-0.05, 0) is 12.1 Å². The Morgan fingerprint density at radius 2 is 2.22 bits per heavy atom. The minimum absolute atomic E-state index is 0.332. The molecular formula is C11H13N5OS. The first kappa shape index (κ1) is 12.3. The zero-order valence-corrected chi connectivity index (χ0v) is 10.9. The lowest BCUT2D eigenvalue weighted by Crippen LogP contribution is -2.09. The van der Waals surface area contributed by atoms with Crippen LogP contribution in [-0.4, -0.2) is 26.9 Å². The monoisotopic (exact) mass is 263 g/mol. The molecule has 0 radical (unpaired) electrons. The van der Waals surface area contributed by atoms with Crippen LogP contribution in [0.1, 0.15) is 5.56 Å². The highest BCUT2D eigenvalue weighted by molar-refractivity contribution is 7.80. The van der Waals surface area contributed by atoms with Crippen molar-refractivity contribution >= 4 is 28.8 Å². The number of aromatic nitrogens is 3. The molecule has 2 rings (SSSR count). The van der Waals surface area contributed by atoms with Gasteiger partial charge in [-0.2, -0.15) is 5.10 Å². The van der Waals surface area contributed by atoms with Gasteiger partial charge in [-0.3, -0.25) is 0 Å². The molecule has 0 aliphatic heterocycles. The van der Waals surface area contributed by atoms with Crippen LogP contribution in [0.25, 0.3) is 0 Å². The summed E-state index contributed by atoms with van der Waals surface area (Å²) in [5.41, 5.74) is 6.32. The molecule has 3 N–H and O–H groups in total. The molecule has 0 bridgehead atoms. The normalized spacial score (nSPS) is 10.1. The summed E-state index contributed by atoms with van der Waals surface area (Å²) in [5.74, 6) is 1.92. The van der Waals surface area contributed by atoms with Crippen molar-refractivity contribution in [2.75, 3.05) is 12.4 Å². The maximum atomic E-state index is 5.56. The van der Waals surface area contributed by atoms with Gasteiger partial charge in [0.2, 0.25) is 5.88 Å². The van der Waals surface area contributed by atoms with Crippen LogP contribution < -0.4 is 15.8 Å². The van der Waals surface area contributed by atoms with E-state index in [-0.39, 0.29) is 0 Å². The van der Waals surface area contributed by atoms with Gasteiger partial charge in [-0.25, -0.2) is 9.67 Å². The first-order valence-electron chi connectivity index (χ1n) is 5.21. The molecule has 94 valence electrons. The van der Waals surface area contributed by atoms with Crippen LogP contribution in [0.3, 0.4) is 0 Å². The summed E-state index contributed by atoms with van der Waals surface area (Å²) >= 11 is 4.91. The Bertz CT molecular complexity index is 581. The summed E-state index contributed by atoms with van der Waals surface area (Å²) in [7, 11) is 3.38. The van der Waals surface area contributed by atoms with E-state index in [0.717, 1.165) is 5.56 Å². The van der Waals surface area contributed by atoms with E-state index >= 15 is 0 Å². The standard InChI is InChI=1S/C11H13N5OS/c1-16-10(17-2)6-9(15-16)14-8-5-7(11(12)18)3-4-13-8/h3-6H,1-2H3,(H2,12,18)(H,13,14,15). The number of anilines is 2. The number of nitrogens with zero attached hydrogens (tertiary/aromatic N) is 3. The Hall–Kier alpha value is -2.15. The third kappa shape index (κ3) is 2.57. The summed E-state index contributed by atoms with van der Waals surface area (Å²) in [6.07, 6.45) is 1.64. The summed E-state index contributed by atoms with van der Waals surface area (Å²) in [4.78, 5) is 4.50. The maximum absolute atomic E-state index is 5.56. The van der Waals surface area contributed by atoms with Gasteiger partial charge >= 0.3 is 0 Å². The third-order valence-electron chi connectivity index (χ3n) is 2.35. The van der Waals surface area contributed by atoms with Gasteiger partial charge in [0.05, 0.1) is 7.11 Å².